The van der Waals surface area contributed by atoms with Gasteiger partial charge in [-0.1, -0.05) is 54.6 Å². The first-order valence-corrected chi connectivity index (χ1v) is 8.44. The molecule has 0 bridgehead atoms. The summed E-state index contributed by atoms with van der Waals surface area (Å²) in [5, 5.41) is 12.1. The van der Waals surface area contributed by atoms with Gasteiger partial charge < -0.3 is 10.4 Å². The van der Waals surface area contributed by atoms with Crippen molar-refractivity contribution in [3.8, 4) is 11.1 Å². The Morgan fingerprint density at radius 3 is 1.92 bits per heavy atom. The summed E-state index contributed by atoms with van der Waals surface area (Å²) in [6.45, 7) is 0. The molecule has 0 unspecified atom stereocenters. The molecule has 0 fully saturated rings. The van der Waals surface area contributed by atoms with Crippen molar-refractivity contribution in [3.05, 3.63) is 84.4 Å². The number of aryl methyl sites for hydroxylation is 1. The third kappa shape index (κ3) is 4.95. The molecule has 3 aromatic carbocycles. The minimum absolute atomic E-state index is 0.216. The average Bonchev–Trinajstić information content (AvgIpc) is 2.64. The van der Waals surface area contributed by atoms with Gasteiger partial charge in [-0.05, 0) is 53.8 Å². The van der Waals surface area contributed by atoms with Crippen molar-refractivity contribution in [1.29, 1.82) is 0 Å². The minimum atomic E-state index is -0.739. The molecule has 0 heterocycles. The molecular weight excluding hydrogens is 310 g/mol. The zero-order chi connectivity index (χ0) is 17.5. The van der Waals surface area contributed by atoms with E-state index in [4.69, 9.17) is 5.11 Å². The molecule has 3 heteroatoms. The number of aliphatic carboxylic acids is 1. The van der Waals surface area contributed by atoms with Crippen LogP contribution in [-0.4, -0.2) is 11.1 Å². The summed E-state index contributed by atoms with van der Waals surface area (Å²) >= 11 is 0. The van der Waals surface area contributed by atoms with Crippen LogP contribution in [-0.2, 0) is 11.2 Å². The fourth-order valence-electron chi connectivity index (χ4n) is 2.74. The van der Waals surface area contributed by atoms with Crippen LogP contribution < -0.4 is 5.32 Å². The van der Waals surface area contributed by atoms with Gasteiger partial charge in [0, 0.05) is 17.8 Å². The minimum Gasteiger partial charge on any atom is -0.481 e. The maximum Gasteiger partial charge on any atom is 0.303 e. The van der Waals surface area contributed by atoms with Gasteiger partial charge in [-0.25, -0.2) is 0 Å². The van der Waals surface area contributed by atoms with E-state index in [9.17, 15) is 4.79 Å². The Morgan fingerprint density at radius 1 is 0.760 bits per heavy atom. The Morgan fingerprint density at radius 2 is 1.32 bits per heavy atom. The quantitative estimate of drug-likeness (QED) is 0.600. The monoisotopic (exact) mass is 331 g/mol. The molecule has 3 nitrogen and oxygen atoms in total. The summed E-state index contributed by atoms with van der Waals surface area (Å²) in [7, 11) is 0. The molecule has 0 aromatic heterocycles. The van der Waals surface area contributed by atoms with Crippen molar-refractivity contribution in [2.45, 2.75) is 19.3 Å². The molecule has 0 aliphatic heterocycles. The summed E-state index contributed by atoms with van der Waals surface area (Å²) in [6.07, 6.45) is 1.68. The van der Waals surface area contributed by atoms with Crippen LogP contribution in [0.4, 0.5) is 11.4 Å². The second-order valence-corrected chi connectivity index (χ2v) is 6.01. The van der Waals surface area contributed by atoms with Gasteiger partial charge in [0.25, 0.3) is 0 Å². The summed E-state index contributed by atoms with van der Waals surface area (Å²) in [5.74, 6) is -0.739. The second kappa shape index (κ2) is 8.15. The van der Waals surface area contributed by atoms with Crippen LogP contribution in [0, 0.1) is 0 Å². The number of benzene rings is 3. The summed E-state index contributed by atoms with van der Waals surface area (Å²) < 4.78 is 0. The maximum atomic E-state index is 10.6. The number of carbonyl (C=O) groups is 1. The SMILES string of the molecule is O=C(O)CCCc1ccc(Nc2ccc(-c3ccccc3)cc2)cc1. The first kappa shape index (κ1) is 16.8. The van der Waals surface area contributed by atoms with Crippen LogP contribution in [0.25, 0.3) is 11.1 Å². The van der Waals surface area contributed by atoms with E-state index in [0.717, 1.165) is 23.4 Å². The fraction of sp³-hybridized carbons (Fsp3) is 0.136. The smallest absolute Gasteiger partial charge is 0.303 e. The zero-order valence-corrected chi connectivity index (χ0v) is 14.0. The zero-order valence-electron chi connectivity index (χ0n) is 14.0. The van der Waals surface area contributed by atoms with Crippen molar-refractivity contribution < 1.29 is 9.90 Å². The fourth-order valence-corrected chi connectivity index (χ4v) is 2.74. The predicted octanol–water partition coefficient (Wildman–Crippen LogP) is 5.50. The number of rotatable bonds is 7. The Balaban J connectivity index is 1.59. The van der Waals surface area contributed by atoms with Crippen molar-refractivity contribution in [2.24, 2.45) is 0 Å². The molecule has 0 aliphatic rings. The van der Waals surface area contributed by atoms with Gasteiger partial charge in [0.05, 0.1) is 0 Å². The van der Waals surface area contributed by atoms with E-state index in [0.29, 0.717) is 6.42 Å². The molecule has 0 radical (unpaired) electrons. The van der Waals surface area contributed by atoms with Crippen molar-refractivity contribution >= 4 is 17.3 Å². The molecule has 0 spiro atoms. The topological polar surface area (TPSA) is 49.3 Å². The van der Waals surface area contributed by atoms with Crippen LogP contribution in [0.15, 0.2) is 78.9 Å². The third-order valence-corrected chi connectivity index (χ3v) is 4.09. The first-order chi connectivity index (χ1) is 12.2. The number of hydrogen-bond donors (Lipinski definition) is 2. The number of carboxylic acids is 1. The average molecular weight is 331 g/mol. The lowest BCUT2D eigenvalue weighted by molar-refractivity contribution is -0.137. The largest absolute Gasteiger partial charge is 0.481 e. The van der Waals surface area contributed by atoms with Gasteiger partial charge in [-0.2, -0.15) is 0 Å². The summed E-state index contributed by atoms with van der Waals surface area (Å²) in [4.78, 5) is 10.6. The highest BCUT2D eigenvalue weighted by atomic mass is 16.4. The van der Waals surface area contributed by atoms with Crippen molar-refractivity contribution in [3.63, 3.8) is 0 Å². The van der Waals surface area contributed by atoms with Gasteiger partial charge in [0.15, 0.2) is 0 Å². The van der Waals surface area contributed by atoms with Gasteiger partial charge >= 0.3 is 5.97 Å². The molecule has 3 rings (SSSR count). The molecule has 0 saturated carbocycles. The van der Waals surface area contributed by atoms with Gasteiger partial charge in [0.2, 0.25) is 0 Å². The molecule has 0 atom stereocenters. The van der Waals surface area contributed by atoms with E-state index >= 15 is 0 Å². The molecule has 3 aromatic rings. The van der Waals surface area contributed by atoms with Crippen LogP contribution >= 0.6 is 0 Å². The predicted molar refractivity (Wildman–Crippen MR) is 102 cm³/mol. The van der Waals surface area contributed by atoms with Crippen LogP contribution in [0.2, 0.25) is 0 Å². The Hall–Kier alpha value is -3.07. The normalized spacial score (nSPS) is 10.4. The van der Waals surface area contributed by atoms with E-state index in [1.807, 2.05) is 42.5 Å². The third-order valence-electron chi connectivity index (χ3n) is 4.09. The highest BCUT2D eigenvalue weighted by Crippen LogP contribution is 2.23. The van der Waals surface area contributed by atoms with E-state index in [2.05, 4.69) is 41.7 Å². The highest BCUT2D eigenvalue weighted by molar-refractivity contribution is 5.68. The number of hydrogen-bond acceptors (Lipinski definition) is 2. The molecule has 126 valence electrons. The Bertz CT molecular complexity index is 809. The van der Waals surface area contributed by atoms with E-state index in [1.165, 1.54) is 11.1 Å². The summed E-state index contributed by atoms with van der Waals surface area (Å²) in [6, 6.07) is 26.8. The number of anilines is 2. The lowest BCUT2D eigenvalue weighted by Gasteiger charge is -2.09. The van der Waals surface area contributed by atoms with Gasteiger partial charge in [-0.15, -0.1) is 0 Å². The van der Waals surface area contributed by atoms with Crippen LogP contribution in [0.1, 0.15) is 18.4 Å². The second-order valence-electron chi connectivity index (χ2n) is 6.01. The summed E-state index contributed by atoms with van der Waals surface area (Å²) in [5.41, 5.74) is 5.62. The lowest BCUT2D eigenvalue weighted by Crippen LogP contribution is -1.96. The van der Waals surface area contributed by atoms with E-state index < -0.39 is 5.97 Å². The highest BCUT2D eigenvalue weighted by Gasteiger charge is 2.01. The first-order valence-electron chi connectivity index (χ1n) is 8.44. The maximum absolute atomic E-state index is 10.6. The van der Waals surface area contributed by atoms with E-state index in [-0.39, 0.29) is 6.42 Å². The molecular formula is C22H21NO2. The number of nitrogens with one attached hydrogen (secondary N) is 1. The van der Waals surface area contributed by atoms with Crippen LogP contribution in [0.5, 0.6) is 0 Å². The lowest BCUT2D eigenvalue weighted by atomic mass is 10.1. The number of carboxylic acid groups (broad SMARTS) is 1. The molecule has 0 amide bonds. The van der Waals surface area contributed by atoms with Crippen molar-refractivity contribution in [2.75, 3.05) is 5.32 Å². The van der Waals surface area contributed by atoms with Crippen LogP contribution in [0.3, 0.4) is 0 Å². The molecule has 25 heavy (non-hydrogen) atoms. The molecule has 0 saturated heterocycles. The molecule has 2 N–H and O–H groups in total. The van der Waals surface area contributed by atoms with Crippen molar-refractivity contribution in [1.82, 2.24) is 0 Å². The Labute approximate surface area is 148 Å². The van der Waals surface area contributed by atoms with Gasteiger partial charge in [0.1, 0.15) is 0 Å². The molecule has 0 aliphatic carbocycles. The van der Waals surface area contributed by atoms with E-state index in [1.54, 1.807) is 0 Å². The van der Waals surface area contributed by atoms with Gasteiger partial charge in [-0.3, -0.25) is 4.79 Å². The Kier molecular flexibility index (Phi) is 5.47. The standard InChI is InChI=1S/C22H21NO2/c24-22(25)8-4-5-17-9-13-20(14-10-17)23-21-15-11-19(12-16-21)18-6-2-1-3-7-18/h1-3,6-7,9-16,23H,4-5,8H2,(H,24,25).